The van der Waals surface area contributed by atoms with Crippen molar-refractivity contribution in [2.24, 2.45) is 0 Å². The first-order valence-corrected chi connectivity index (χ1v) is 8.83. The molecule has 7 heteroatoms. The lowest BCUT2D eigenvalue weighted by Gasteiger charge is -2.23. The van der Waals surface area contributed by atoms with Crippen molar-refractivity contribution in [3.05, 3.63) is 33.8 Å². The molecule has 1 N–H and O–H groups in total. The van der Waals surface area contributed by atoms with E-state index >= 15 is 0 Å². The molecule has 0 spiro atoms. The third-order valence-electron chi connectivity index (χ3n) is 3.17. The number of ketones is 1. The Balaban J connectivity index is 1.97. The topological polar surface area (TPSA) is 63.2 Å². The zero-order valence-corrected chi connectivity index (χ0v) is 13.1. The van der Waals surface area contributed by atoms with Crippen LogP contribution in [-0.2, 0) is 21.1 Å². The van der Waals surface area contributed by atoms with Crippen molar-refractivity contribution in [2.45, 2.75) is 18.9 Å². The first-order chi connectivity index (χ1) is 9.35. The maximum absolute atomic E-state index is 12.0. The monoisotopic (exact) mass is 335 g/mol. The Morgan fingerprint density at radius 3 is 2.80 bits per heavy atom. The Kier molecular flexibility index (Phi) is 5.07. The standard InChI is InChI=1S/C13H15Cl2NO3S/c14-10-1-2-13(15)9(5-10)6-12(17)7-11-8-20(18,19)4-3-16-11/h1-2,5,11,16H,3-4,6-8H2. The molecule has 0 radical (unpaired) electrons. The molecule has 20 heavy (non-hydrogen) atoms. The normalized spacial score (nSPS) is 21.6. The quantitative estimate of drug-likeness (QED) is 0.912. The second-order valence-corrected chi connectivity index (χ2v) is 7.99. The predicted molar refractivity (Wildman–Crippen MR) is 80.2 cm³/mol. The molecule has 4 nitrogen and oxygen atoms in total. The van der Waals surface area contributed by atoms with Gasteiger partial charge in [0.1, 0.15) is 5.78 Å². The molecule has 1 aliphatic heterocycles. The maximum atomic E-state index is 12.0. The summed E-state index contributed by atoms with van der Waals surface area (Å²) in [6.07, 6.45) is 0.347. The molecule has 1 saturated heterocycles. The number of halogens is 2. The summed E-state index contributed by atoms with van der Waals surface area (Å²) in [7, 11) is -3.03. The van der Waals surface area contributed by atoms with E-state index in [-0.39, 0.29) is 36.2 Å². The molecule has 1 aliphatic rings. The summed E-state index contributed by atoms with van der Waals surface area (Å²) < 4.78 is 23.0. The summed E-state index contributed by atoms with van der Waals surface area (Å²) in [6, 6.07) is 4.66. The van der Waals surface area contributed by atoms with Crippen molar-refractivity contribution in [2.75, 3.05) is 18.1 Å². The third-order valence-corrected chi connectivity index (χ3v) is 5.51. The summed E-state index contributed by atoms with van der Waals surface area (Å²) in [5.74, 6) is 0.101. The summed E-state index contributed by atoms with van der Waals surface area (Å²) in [6.45, 7) is 0.401. The molecule has 110 valence electrons. The second-order valence-electron chi connectivity index (χ2n) is 4.92. The lowest BCUT2D eigenvalue weighted by molar-refractivity contribution is -0.118. The van der Waals surface area contributed by atoms with E-state index < -0.39 is 9.84 Å². The van der Waals surface area contributed by atoms with Gasteiger partial charge in [0.25, 0.3) is 0 Å². The molecule has 1 heterocycles. The maximum Gasteiger partial charge on any atom is 0.153 e. The summed E-state index contributed by atoms with van der Waals surface area (Å²) >= 11 is 11.9. The summed E-state index contributed by atoms with van der Waals surface area (Å²) in [4.78, 5) is 12.0. The number of rotatable bonds is 4. The average Bonchev–Trinajstić information content (AvgIpc) is 2.32. The zero-order valence-electron chi connectivity index (χ0n) is 10.7. The van der Waals surface area contributed by atoms with Crippen LogP contribution >= 0.6 is 23.2 Å². The van der Waals surface area contributed by atoms with Crippen molar-refractivity contribution in [1.82, 2.24) is 5.32 Å². The molecule has 0 bridgehead atoms. The number of hydrogen-bond acceptors (Lipinski definition) is 4. The Morgan fingerprint density at radius 2 is 2.10 bits per heavy atom. The molecule has 1 aromatic rings. The van der Waals surface area contributed by atoms with Gasteiger partial charge in [0, 0.05) is 35.5 Å². The van der Waals surface area contributed by atoms with Crippen molar-refractivity contribution in [3.8, 4) is 0 Å². The molecule has 1 fully saturated rings. The zero-order chi connectivity index (χ0) is 14.8. The number of carbonyl (C=O) groups excluding carboxylic acids is 1. The number of Topliss-reactive ketones (excluding diaryl/α,β-unsaturated/α-hetero) is 1. The molecule has 0 saturated carbocycles. The van der Waals surface area contributed by atoms with Crippen LogP contribution in [0.2, 0.25) is 10.0 Å². The van der Waals surface area contributed by atoms with Gasteiger partial charge in [-0.25, -0.2) is 8.42 Å². The number of benzene rings is 1. The first-order valence-electron chi connectivity index (χ1n) is 6.25. The molecule has 1 unspecified atom stereocenters. The average molecular weight is 336 g/mol. The summed E-state index contributed by atoms with van der Waals surface area (Å²) in [5.41, 5.74) is 0.669. The largest absolute Gasteiger partial charge is 0.312 e. The molecule has 2 rings (SSSR count). The highest BCUT2D eigenvalue weighted by Crippen LogP contribution is 2.21. The van der Waals surface area contributed by atoms with Gasteiger partial charge in [0.2, 0.25) is 0 Å². The van der Waals surface area contributed by atoms with Gasteiger partial charge < -0.3 is 5.32 Å². The van der Waals surface area contributed by atoms with Crippen LogP contribution in [-0.4, -0.2) is 38.3 Å². The smallest absolute Gasteiger partial charge is 0.153 e. The van der Waals surface area contributed by atoms with Gasteiger partial charge >= 0.3 is 0 Å². The Morgan fingerprint density at radius 1 is 1.35 bits per heavy atom. The second kappa shape index (κ2) is 6.43. The molecule has 0 aromatic heterocycles. The highest BCUT2D eigenvalue weighted by atomic mass is 35.5. The van der Waals surface area contributed by atoms with Crippen molar-refractivity contribution >= 4 is 38.8 Å². The Hall–Kier alpha value is -0.620. The van der Waals surface area contributed by atoms with Gasteiger partial charge in [0.15, 0.2) is 9.84 Å². The molecule has 0 amide bonds. The van der Waals surface area contributed by atoms with Gasteiger partial charge in [-0.3, -0.25) is 4.79 Å². The van der Waals surface area contributed by atoms with Gasteiger partial charge in [-0.2, -0.15) is 0 Å². The third kappa shape index (κ3) is 4.45. The molecule has 0 aliphatic carbocycles. The molecular formula is C13H15Cl2NO3S. The van der Waals surface area contributed by atoms with E-state index in [9.17, 15) is 13.2 Å². The van der Waals surface area contributed by atoms with Crippen molar-refractivity contribution in [1.29, 1.82) is 0 Å². The van der Waals surface area contributed by atoms with Crippen molar-refractivity contribution < 1.29 is 13.2 Å². The fourth-order valence-electron chi connectivity index (χ4n) is 2.24. The van der Waals surface area contributed by atoms with Crippen molar-refractivity contribution in [3.63, 3.8) is 0 Å². The Bertz CT molecular complexity index is 616. The molecular weight excluding hydrogens is 321 g/mol. The Labute approximate surface area is 128 Å². The van der Waals surface area contributed by atoms with Gasteiger partial charge in [-0.1, -0.05) is 23.2 Å². The van der Waals surface area contributed by atoms with Crippen LogP contribution in [0.15, 0.2) is 18.2 Å². The van der Waals surface area contributed by atoms with Crippen LogP contribution in [0.3, 0.4) is 0 Å². The van der Waals surface area contributed by atoms with E-state index in [1.165, 1.54) is 0 Å². The minimum Gasteiger partial charge on any atom is -0.312 e. The van der Waals surface area contributed by atoms with E-state index in [4.69, 9.17) is 23.2 Å². The SMILES string of the molecule is O=C(Cc1cc(Cl)ccc1Cl)CC1CS(=O)(=O)CCN1. The van der Waals surface area contributed by atoms with Gasteiger partial charge in [-0.15, -0.1) is 0 Å². The molecule has 1 atom stereocenters. The highest BCUT2D eigenvalue weighted by molar-refractivity contribution is 7.91. The number of sulfone groups is 1. The number of carbonyl (C=O) groups is 1. The van der Waals surface area contributed by atoms with Crippen LogP contribution in [0.4, 0.5) is 0 Å². The van der Waals surface area contributed by atoms with Crippen LogP contribution in [0.5, 0.6) is 0 Å². The van der Waals surface area contributed by atoms with Crippen LogP contribution in [0, 0.1) is 0 Å². The minimum atomic E-state index is -3.03. The summed E-state index contributed by atoms with van der Waals surface area (Å²) in [5, 5.41) is 4.07. The van der Waals surface area contributed by atoms with E-state index in [1.807, 2.05) is 0 Å². The van der Waals surface area contributed by atoms with Crippen LogP contribution in [0.1, 0.15) is 12.0 Å². The van der Waals surface area contributed by atoms with E-state index in [0.29, 0.717) is 22.2 Å². The highest BCUT2D eigenvalue weighted by Gasteiger charge is 2.26. The lowest BCUT2D eigenvalue weighted by Crippen LogP contribution is -2.46. The van der Waals surface area contributed by atoms with E-state index in [0.717, 1.165) is 0 Å². The lowest BCUT2D eigenvalue weighted by atomic mass is 10.0. The fraction of sp³-hybridized carbons (Fsp3) is 0.462. The van der Waals surface area contributed by atoms with E-state index in [1.54, 1.807) is 18.2 Å². The van der Waals surface area contributed by atoms with Crippen LogP contribution in [0.25, 0.3) is 0 Å². The van der Waals surface area contributed by atoms with Gasteiger partial charge in [-0.05, 0) is 23.8 Å². The van der Waals surface area contributed by atoms with Crippen LogP contribution < -0.4 is 5.32 Å². The number of nitrogens with one attached hydrogen (secondary N) is 1. The number of hydrogen-bond donors (Lipinski definition) is 1. The minimum absolute atomic E-state index is 0.0159. The predicted octanol–water partition coefficient (Wildman–Crippen LogP) is 1.88. The first kappa shape index (κ1) is 15.8. The fourth-order valence-corrected chi connectivity index (χ4v) is 4.06. The molecule has 1 aromatic carbocycles. The van der Waals surface area contributed by atoms with Gasteiger partial charge in [0.05, 0.1) is 11.5 Å². The van der Waals surface area contributed by atoms with E-state index in [2.05, 4.69) is 5.32 Å².